The van der Waals surface area contributed by atoms with Crippen molar-refractivity contribution in [3.63, 3.8) is 0 Å². The van der Waals surface area contributed by atoms with Crippen LogP contribution in [0.25, 0.3) is 0 Å². The Bertz CT molecular complexity index is 1080. The molecule has 2 heterocycles. The molecule has 9 heteroatoms. The van der Waals surface area contributed by atoms with Gasteiger partial charge in [-0.3, -0.25) is 14.2 Å². The van der Waals surface area contributed by atoms with E-state index >= 15 is 0 Å². The molecule has 0 spiro atoms. The van der Waals surface area contributed by atoms with Crippen LogP contribution < -0.4 is 5.32 Å². The molecule has 0 saturated heterocycles. The van der Waals surface area contributed by atoms with Gasteiger partial charge in [-0.2, -0.15) is 10.2 Å². The number of aryl methyl sites for hydroxylation is 3. The number of halogens is 3. The van der Waals surface area contributed by atoms with E-state index in [1.165, 1.54) is 12.1 Å². The van der Waals surface area contributed by atoms with Gasteiger partial charge in [0.1, 0.15) is 5.82 Å². The van der Waals surface area contributed by atoms with E-state index in [1.54, 1.807) is 10.7 Å². The minimum absolute atomic E-state index is 0.112. The molecule has 3 rings (SSSR count). The zero-order valence-corrected chi connectivity index (χ0v) is 19.0. The number of amides is 1. The van der Waals surface area contributed by atoms with Gasteiger partial charge in [0.05, 0.1) is 40.3 Å². The van der Waals surface area contributed by atoms with Crippen molar-refractivity contribution in [2.75, 3.05) is 5.32 Å². The second kappa shape index (κ2) is 8.67. The molecule has 3 aromatic rings. The molecule has 6 nitrogen and oxygen atoms in total. The average Bonchev–Trinajstić information content (AvgIpc) is 3.06. The second-order valence-corrected chi connectivity index (χ2v) is 8.15. The standard InChI is InChI=1S/C20H22BrClFN5O/c1-11-19(21)13(3)27(25-11)8-7-18(29)24-20-12(2)26-28(14(20)4)10-15-5-6-16(23)9-17(15)22/h5-6,9H,7-8,10H2,1-4H3,(H,24,29). The molecule has 1 aromatic carbocycles. The topological polar surface area (TPSA) is 64.7 Å². The Balaban J connectivity index is 1.69. The van der Waals surface area contributed by atoms with Crippen molar-refractivity contribution in [2.24, 2.45) is 0 Å². The molecule has 0 aliphatic heterocycles. The van der Waals surface area contributed by atoms with E-state index in [-0.39, 0.29) is 11.7 Å². The first-order valence-electron chi connectivity index (χ1n) is 9.14. The molecule has 0 atom stereocenters. The number of hydrogen-bond donors (Lipinski definition) is 1. The van der Waals surface area contributed by atoms with E-state index in [0.717, 1.165) is 27.1 Å². The lowest BCUT2D eigenvalue weighted by molar-refractivity contribution is -0.116. The number of carbonyl (C=O) groups excluding carboxylic acids is 1. The summed E-state index contributed by atoms with van der Waals surface area (Å²) in [6.45, 7) is 8.47. The molecule has 0 radical (unpaired) electrons. The van der Waals surface area contributed by atoms with E-state index in [1.807, 2.05) is 32.4 Å². The second-order valence-electron chi connectivity index (χ2n) is 6.95. The minimum atomic E-state index is -0.380. The predicted octanol–water partition coefficient (Wildman–Crippen LogP) is 4.95. The number of carbonyl (C=O) groups is 1. The smallest absolute Gasteiger partial charge is 0.226 e. The Morgan fingerprint density at radius 3 is 2.45 bits per heavy atom. The highest BCUT2D eigenvalue weighted by Crippen LogP contribution is 2.24. The lowest BCUT2D eigenvalue weighted by atomic mass is 10.2. The maximum Gasteiger partial charge on any atom is 0.226 e. The minimum Gasteiger partial charge on any atom is -0.323 e. The Labute approximate surface area is 182 Å². The SMILES string of the molecule is Cc1nn(CCC(=O)Nc2c(C)nn(Cc3ccc(F)cc3Cl)c2C)c(C)c1Br. The average molecular weight is 483 g/mol. The summed E-state index contributed by atoms with van der Waals surface area (Å²) in [6.07, 6.45) is 0.294. The van der Waals surface area contributed by atoms with E-state index in [4.69, 9.17) is 11.6 Å². The van der Waals surface area contributed by atoms with Crippen LogP contribution in [-0.2, 0) is 17.9 Å². The van der Waals surface area contributed by atoms with Gasteiger partial charge in [0.15, 0.2) is 0 Å². The molecule has 0 unspecified atom stereocenters. The molecule has 29 heavy (non-hydrogen) atoms. The van der Waals surface area contributed by atoms with Gasteiger partial charge < -0.3 is 5.32 Å². The molecular formula is C20H22BrClFN5O. The molecule has 0 aliphatic rings. The molecule has 0 fully saturated rings. The number of hydrogen-bond acceptors (Lipinski definition) is 3. The summed E-state index contributed by atoms with van der Waals surface area (Å²) < 4.78 is 17.8. The van der Waals surface area contributed by atoms with Gasteiger partial charge in [0.25, 0.3) is 0 Å². The summed E-state index contributed by atoms with van der Waals surface area (Å²) >= 11 is 9.62. The summed E-state index contributed by atoms with van der Waals surface area (Å²) in [4.78, 5) is 12.5. The lowest BCUT2D eigenvalue weighted by Crippen LogP contribution is -2.16. The van der Waals surface area contributed by atoms with Gasteiger partial charge in [0.2, 0.25) is 5.91 Å². The summed E-state index contributed by atoms with van der Waals surface area (Å²) in [5.41, 5.74) is 4.85. The number of aromatic nitrogens is 4. The van der Waals surface area contributed by atoms with Crippen LogP contribution >= 0.6 is 27.5 Å². The molecule has 0 aliphatic carbocycles. The van der Waals surface area contributed by atoms with Crippen LogP contribution in [0.15, 0.2) is 22.7 Å². The van der Waals surface area contributed by atoms with Crippen molar-refractivity contribution in [2.45, 2.75) is 47.2 Å². The Hall–Kier alpha value is -2.19. The predicted molar refractivity (Wildman–Crippen MR) is 115 cm³/mol. The van der Waals surface area contributed by atoms with Crippen molar-refractivity contribution in [3.05, 3.63) is 61.9 Å². The van der Waals surface area contributed by atoms with Gasteiger partial charge in [-0.1, -0.05) is 17.7 Å². The first-order chi connectivity index (χ1) is 13.7. The van der Waals surface area contributed by atoms with Crippen molar-refractivity contribution >= 4 is 39.1 Å². The first-order valence-corrected chi connectivity index (χ1v) is 10.3. The van der Waals surface area contributed by atoms with Gasteiger partial charge in [-0.15, -0.1) is 0 Å². The van der Waals surface area contributed by atoms with Crippen molar-refractivity contribution in [1.29, 1.82) is 0 Å². The third-order valence-corrected chi connectivity index (χ3v) is 6.32. The summed E-state index contributed by atoms with van der Waals surface area (Å²) in [7, 11) is 0. The molecule has 0 saturated carbocycles. The van der Waals surface area contributed by atoms with E-state index in [0.29, 0.717) is 35.9 Å². The van der Waals surface area contributed by atoms with Crippen LogP contribution in [0.1, 0.15) is 34.8 Å². The van der Waals surface area contributed by atoms with Gasteiger partial charge in [0, 0.05) is 17.1 Å². The molecule has 154 valence electrons. The quantitative estimate of drug-likeness (QED) is 0.541. The third kappa shape index (κ3) is 4.70. The van der Waals surface area contributed by atoms with E-state index in [9.17, 15) is 9.18 Å². The maximum absolute atomic E-state index is 13.3. The van der Waals surface area contributed by atoms with Gasteiger partial charge in [-0.25, -0.2) is 4.39 Å². The number of rotatable bonds is 6. The van der Waals surface area contributed by atoms with Crippen LogP contribution in [0.4, 0.5) is 10.1 Å². The van der Waals surface area contributed by atoms with Crippen LogP contribution in [0.5, 0.6) is 0 Å². The number of nitrogens with one attached hydrogen (secondary N) is 1. The van der Waals surface area contributed by atoms with Crippen molar-refractivity contribution in [3.8, 4) is 0 Å². The van der Waals surface area contributed by atoms with Crippen LogP contribution in [0.3, 0.4) is 0 Å². The maximum atomic E-state index is 13.3. The van der Waals surface area contributed by atoms with E-state index < -0.39 is 0 Å². The number of nitrogens with zero attached hydrogens (tertiary/aromatic N) is 4. The van der Waals surface area contributed by atoms with Gasteiger partial charge >= 0.3 is 0 Å². The van der Waals surface area contributed by atoms with Crippen LogP contribution in [0.2, 0.25) is 5.02 Å². The van der Waals surface area contributed by atoms with Crippen molar-refractivity contribution in [1.82, 2.24) is 19.6 Å². The summed E-state index contributed by atoms with van der Waals surface area (Å²) in [6, 6.07) is 4.29. The molecule has 1 amide bonds. The largest absolute Gasteiger partial charge is 0.323 e. The van der Waals surface area contributed by atoms with Crippen molar-refractivity contribution < 1.29 is 9.18 Å². The molecule has 1 N–H and O–H groups in total. The number of benzene rings is 1. The zero-order chi connectivity index (χ0) is 21.3. The fourth-order valence-electron chi connectivity index (χ4n) is 3.15. The fraction of sp³-hybridized carbons (Fsp3) is 0.350. The Morgan fingerprint density at radius 1 is 1.14 bits per heavy atom. The fourth-order valence-corrected chi connectivity index (χ4v) is 3.66. The van der Waals surface area contributed by atoms with Gasteiger partial charge in [-0.05, 0) is 61.3 Å². The monoisotopic (exact) mass is 481 g/mol. The first kappa shape index (κ1) is 21.5. The third-order valence-electron chi connectivity index (χ3n) is 4.82. The number of anilines is 1. The van der Waals surface area contributed by atoms with Crippen LogP contribution in [-0.4, -0.2) is 25.5 Å². The molecule has 2 aromatic heterocycles. The highest BCUT2D eigenvalue weighted by molar-refractivity contribution is 9.10. The summed E-state index contributed by atoms with van der Waals surface area (Å²) in [5.74, 6) is -0.492. The Morgan fingerprint density at radius 2 is 1.83 bits per heavy atom. The van der Waals surface area contributed by atoms with Crippen LogP contribution in [0, 0.1) is 33.5 Å². The van der Waals surface area contributed by atoms with E-state index in [2.05, 4.69) is 31.4 Å². The zero-order valence-electron chi connectivity index (χ0n) is 16.7. The highest BCUT2D eigenvalue weighted by atomic mass is 79.9. The lowest BCUT2D eigenvalue weighted by Gasteiger charge is -2.09. The normalized spacial score (nSPS) is 11.1. The molecular weight excluding hydrogens is 461 g/mol. The highest BCUT2D eigenvalue weighted by Gasteiger charge is 2.16. The summed E-state index contributed by atoms with van der Waals surface area (Å²) in [5, 5.41) is 12.2. The Kier molecular flexibility index (Phi) is 6.43. The molecule has 0 bridgehead atoms.